The maximum Gasteiger partial charge on any atom is 0.288 e. The molecule has 0 aromatic heterocycles. The molecule has 0 aliphatic heterocycles. The van der Waals surface area contributed by atoms with Gasteiger partial charge in [-0.1, -0.05) is 29.3 Å². The van der Waals surface area contributed by atoms with Crippen molar-refractivity contribution in [3.8, 4) is 5.75 Å². The Morgan fingerprint density at radius 2 is 1.90 bits per heavy atom. The molecule has 2 aromatic rings. The number of hydrogen-bond donors (Lipinski definition) is 1. The van der Waals surface area contributed by atoms with Crippen LogP contribution in [0.5, 0.6) is 5.75 Å². The predicted octanol–water partition coefficient (Wildman–Crippen LogP) is 4.52. The number of ether oxygens (including phenoxy) is 1. The van der Waals surface area contributed by atoms with Gasteiger partial charge in [0.1, 0.15) is 10.8 Å². The summed E-state index contributed by atoms with van der Waals surface area (Å²) in [6.45, 7) is 0.419. The van der Waals surface area contributed by atoms with E-state index in [1.54, 1.807) is 24.3 Å². The van der Waals surface area contributed by atoms with Crippen molar-refractivity contribution in [2.24, 2.45) is 0 Å². The zero-order valence-electron chi connectivity index (χ0n) is 11.1. The lowest BCUT2D eigenvalue weighted by Gasteiger charge is -2.09. The Labute approximate surface area is 131 Å². The molecule has 0 bridgehead atoms. The number of anilines is 1. The number of methoxy groups -OCH3 is 1. The third-order valence-electron chi connectivity index (χ3n) is 2.85. The zero-order chi connectivity index (χ0) is 15.4. The highest BCUT2D eigenvalue weighted by Gasteiger charge is 2.12. The van der Waals surface area contributed by atoms with E-state index in [1.165, 1.54) is 19.2 Å². The summed E-state index contributed by atoms with van der Waals surface area (Å²) in [5.74, 6) is 0.559. The van der Waals surface area contributed by atoms with Gasteiger partial charge in [0, 0.05) is 24.4 Å². The molecule has 0 unspecified atom stereocenters. The number of hydrogen-bond acceptors (Lipinski definition) is 4. The van der Waals surface area contributed by atoms with Crippen LogP contribution in [0.25, 0.3) is 0 Å². The van der Waals surface area contributed by atoms with Gasteiger partial charge in [-0.3, -0.25) is 10.1 Å². The molecule has 0 saturated carbocycles. The first-order valence-electron chi connectivity index (χ1n) is 6.01. The molecule has 0 saturated heterocycles. The van der Waals surface area contributed by atoms with Gasteiger partial charge in [0.15, 0.2) is 0 Å². The summed E-state index contributed by atoms with van der Waals surface area (Å²) >= 11 is 11.7. The number of benzene rings is 2. The van der Waals surface area contributed by atoms with E-state index in [4.69, 9.17) is 27.9 Å². The van der Waals surface area contributed by atoms with E-state index in [0.29, 0.717) is 17.3 Å². The van der Waals surface area contributed by atoms with Crippen molar-refractivity contribution in [3.63, 3.8) is 0 Å². The fraction of sp³-hybridized carbons (Fsp3) is 0.143. The number of rotatable bonds is 5. The van der Waals surface area contributed by atoms with Crippen LogP contribution in [0.3, 0.4) is 0 Å². The Morgan fingerprint density at radius 3 is 2.57 bits per heavy atom. The SMILES string of the molecule is COc1cc(NCc2ccc(Cl)c([N+](=O)[O-])c2)ccc1Cl. The molecule has 0 atom stereocenters. The molecule has 0 amide bonds. The minimum absolute atomic E-state index is 0.107. The van der Waals surface area contributed by atoms with E-state index in [0.717, 1.165) is 11.3 Å². The van der Waals surface area contributed by atoms with Gasteiger partial charge in [-0.15, -0.1) is 0 Å². The van der Waals surface area contributed by atoms with Crippen molar-refractivity contribution in [1.29, 1.82) is 0 Å². The number of nitro groups is 1. The average Bonchev–Trinajstić information content (AvgIpc) is 2.47. The quantitative estimate of drug-likeness (QED) is 0.648. The fourth-order valence-electron chi connectivity index (χ4n) is 1.78. The van der Waals surface area contributed by atoms with Crippen LogP contribution in [0.1, 0.15) is 5.56 Å². The monoisotopic (exact) mass is 326 g/mol. The number of halogens is 2. The van der Waals surface area contributed by atoms with Gasteiger partial charge in [0.2, 0.25) is 0 Å². The maximum atomic E-state index is 10.8. The van der Waals surface area contributed by atoms with Crippen LogP contribution in [0, 0.1) is 10.1 Å². The molecule has 0 radical (unpaired) electrons. The fourth-order valence-corrected chi connectivity index (χ4v) is 2.16. The average molecular weight is 327 g/mol. The van der Waals surface area contributed by atoms with Crippen LogP contribution in [0.15, 0.2) is 36.4 Å². The maximum absolute atomic E-state index is 10.8. The second-order valence-electron chi connectivity index (χ2n) is 4.25. The second-order valence-corrected chi connectivity index (χ2v) is 5.06. The lowest BCUT2D eigenvalue weighted by Crippen LogP contribution is -2.01. The van der Waals surface area contributed by atoms with Crippen LogP contribution in [-0.2, 0) is 6.54 Å². The van der Waals surface area contributed by atoms with E-state index in [2.05, 4.69) is 5.32 Å². The molecule has 5 nitrogen and oxygen atoms in total. The zero-order valence-corrected chi connectivity index (χ0v) is 12.6. The lowest BCUT2D eigenvalue weighted by molar-refractivity contribution is -0.384. The molecule has 7 heteroatoms. The minimum atomic E-state index is -0.503. The third-order valence-corrected chi connectivity index (χ3v) is 3.49. The first kappa shape index (κ1) is 15.4. The van der Waals surface area contributed by atoms with E-state index in [1.807, 2.05) is 0 Å². The largest absolute Gasteiger partial charge is 0.495 e. The molecule has 1 N–H and O–H groups in total. The second kappa shape index (κ2) is 6.65. The molecule has 0 spiro atoms. The van der Waals surface area contributed by atoms with E-state index in [-0.39, 0.29) is 10.7 Å². The Balaban J connectivity index is 2.13. The topological polar surface area (TPSA) is 64.4 Å². The Bertz CT molecular complexity index is 677. The molecule has 0 aliphatic rings. The Morgan fingerprint density at radius 1 is 1.19 bits per heavy atom. The Kier molecular flexibility index (Phi) is 4.88. The van der Waals surface area contributed by atoms with Gasteiger partial charge in [0.25, 0.3) is 5.69 Å². The standard InChI is InChI=1S/C14H12Cl2N2O3/c1-21-14-7-10(3-5-12(14)16)17-8-9-2-4-11(15)13(6-9)18(19)20/h2-7,17H,8H2,1H3. The molecule has 0 heterocycles. The van der Waals surface area contributed by atoms with Crippen LogP contribution in [0.4, 0.5) is 11.4 Å². The van der Waals surface area contributed by atoms with Crippen molar-refractivity contribution in [2.75, 3.05) is 12.4 Å². The van der Waals surface area contributed by atoms with E-state index >= 15 is 0 Å². The Hall–Kier alpha value is -1.98. The highest BCUT2D eigenvalue weighted by atomic mass is 35.5. The van der Waals surface area contributed by atoms with Gasteiger partial charge in [-0.25, -0.2) is 0 Å². The van der Waals surface area contributed by atoms with Gasteiger partial charge < -0.3 is 10.1 Å². The van der Waals surface area contributed by atoms with Crippen LogP contribution in [-0.4, -0.2) is 12.0 Å². The summed E-state index contributed by atoms with van der Waals surface area (Å²) in [5.41, 5.74) is 1.44. The molecule has 110 valence electrons. The summed E-state index contributed by atoms with van der Waals surface area (Å²) in [6.07, 6.45) is 0. The highest BCUT2D eigenvalue weighted by molar-refractivity contribution is 6.32. The molecular weight excluding hydrogens is 315 g/mol. The van der Waals surface area contributed by atoms with Crippen molar-refractivity contribution in [1.82, 2.24) is 0 Å². The van der Waals surface area contributed by atoms with Crippen molar-refractivity contribution in [3.05, 3.63) is 62.1 Å². The first-order chi connectivity index (χ1) is 10.0. The van der Waals surface area contributed by atoms with Gasteiger partial charge >= 0.3 is 0 Å². The first-order valence-corrected chi connectivity index (χ1v) is 6.77. The van der Waals surface area contributed by atoms with Crippen molar-refractivity contribution < 1.29 is 9.66 Å². The van der Waals surface area contributed by atoms with Crippen LogP contribution in [0.2, 0.25) is 10.0 Å². The smallest absolute Gasteiger partial charge is 0.288 e. The number of nitrogens with zero attached hydrogens (tertiary/aromatic N) is 1. The van der Waals surface area contributed by atoms with Crippen molar-refractivity contribution in [2.45, 2.75) is 6.54 Å². The van der Waals surface area contributed by atoms with Crippen LogP contribution >= 0.6 is 23.2 Å². The third kappa shape index (κ3) is 3.77. The predicted molar refractivity (Wildman–Crippen MR) is 83.4 cm³/mol. The molecule has 2 aromatic carbocycles. The molecule has 2 rings (SSSR count). The number of nitrogens with one attached hydrogen (secondary N) is 1. The van der Waals surface area contributed by atoms with Gasteiger partial charge in [0.05, 0.1) is 17.1 Å². The summed E-state index contributed by atoms with van der Waals surface area (Å²) in [5, 5.41) is 14.6. The number of nitro benzene ring substituents is 1. The van der Waals surface area contributed by atoms with Gasteiger partial charge in [-0.2, -0.15) is 0 Å². The van der Waals surface area contributed by atoms with Gasteiger partial charge in [-0.05, 0) is 23.8 Å². The lowest BCUT2D eigenvalue weighted by atomic mass is 10.2. The highest BCUT2D eigenvalue weighted by Crippen LogP contribution is 2.28. The summed E-state index contributed by atoms with van der Waals surface area (Å²) in [4.78, 5) is 10.3. The molecular formula is C14H12Cl2N2O3. The summed E-state index contributed by atoms with van der Waals surface area (Å²) in [6, 6.07) is 9.96. The molecule has 21 heavy (non-hydrogen) atoms. The van der Waals surface area contributed by atoms with E-state index in [9.17, 15) is 10.1 Å². The normalized spacial score (nSPS) is 10.2. The molecule has 0 fully saturated rings. The molecule has 0 aliphatic carbocycles. The van der Waals surface area contributed by atoms with Crippen LogP contribution < -0.4 is 10.1 Å². The summed E-state index contributed by atoms with van der Waals surface area (Å²) in [7, 11) is 1.54. The summed E-state index contributed by atoms with van der Waals surface area (Å²) < 4.78 is 5.13. The van der Waals surface area contributed by atoms with Crippen molar-refractivity contribution >= 4 is 34.6 Å². The minimum Gasteiger partial charge on any atom is -0.495 e. The van der Waals surface area contributed by atoms with E-state index < -0.39 is 4.92 Å².